The SMILES string of the molecule is C=CC(=O)N1CCN(c2nc(=O)n(-c3c(C)ccnc3C(C)C)c3nc(-c4c(F)ccc(SC)c4O)c(F)cc23)[C@@H](C)C1.C=CC(=O)N1CCN(c2nc(=O)n(-c3c(C)ccnc3C(C)C)c3nc(-c4c(O)ccc(C(=O)N(C)C)c4F)c(F)cc23)[C@@H](C)C1.C=CC(=O)N1CCN(c2nc(=O)n(-c3c(C)ccnc3C(C)C)c3nc(-c4c(O)ccc(C(=O)N(C)C)c4F)c(F)cc23)[C@@H](C)C1. The fourth-order valence-corrected chi connectivity index (χ4v) is 17.6. The minimum Gasteiger partial charge on any atom is -0.507 e. The first-order chi connectivity index (χ1) is 64.0. The van der Waals surface area contributed by atoms with Gasteiger partial charge in [-0.05, 0) is 173 Å². The number of aryl methyl sites for hydroxylation is 3. The van der Waals surface area contributed by atoms with Gasteiger partial charge in [0.15, 0.2) is 34.4 Å². The van der Waals surface area contributed by atoms with E-state index in [0.717, 1.165) is 52.3 Å². The second-order valence-electron chi connectivity index (χ2n) is 34.4. The van der Waals surface area contributed by atoms with Crippen LogP contribution in [0, 0.1) is 55.7 Å². The van der Waals surface area contributed by atoms with Crippen LogP contribution in [-0.2, 0) is 14.4 Å². The number of anilines is 3. The molecule has 0 radical (unpaired) electrons. The highest BCUT2D eigenvalue weighted by Gasteiger charge is 2.38. The molecule has 0 bridgehead atoms. The molecule has 3 aliphatic heterocycles. The zero-order chi connectivity index (χ0) is 98.4. The van der Waals surface area contributed by atoms with E-state index in [-0.39, 0.29) is 117 Å². The molecule has 0 aliphatic carbocycles. The summed E-state index contributed by atoms with van der Waals surface area (Å²) in [5.41, 5.74) is -1.25. The summed E-state index contributed by atoms with van der Waals surface area (Å²) in [5.74, 6) is -9.78. The van der Waals surface area contributed by atoms with Gasteiger partial charge in [-0.2, -0.15) is 15.0 Å². The maximum atomic E-state index is 16.2. The summed E-state index contributed by atoms with van der Waals surface area (Å²) in [6, 6.07) is 14.6. The Hall–Kier alpha value is -14.7. The van der Waals surface area contributed by atoms with Gasteiger partial charge in [0.2, 0.25) is 17.7 Å². The summed E-state index contributed by atoms with van der Waals surface area (Å²) >= 11 is 1.18. The number of aromatic nitrogens is 12. The topological polar surface area (TPSA) is 354 Å². The standard InChI is InChI=1S/2C33H35F2N7O4.C31H32F2N6O3S/c2*1-8-24(44)40-13-14-41(19(5)16-40)30-21-15-22(34)28(25-23(43)10-9-20(26(25)35)32(45)39(6)7)37-31(21)42(33(46)38-30)29-18(4)11-12-36-27(29)17(2)3;1-7-23(40)37-12-13-38(18(5)15-37)29-19-14-21(33)26(24-20(32)8-9-22(43-6)28(24)41)35-30(19)39(31(42)36-29)27-17(4)10-11-34-25(27)16(2)3/h2*8-12,15,17,19,43H,1,13-14,16H2,2-7H3;7-11,14,16,18,41H,1,12-13,15H2,2-6H3/t2*19-;18-/m000/s1. The molecule has 15 rings (SSSR count). The number of phenols is 3. The van der Waals surface area contributed by atoms with E-state index in [2.05, 4.69) is 64.6 Å². The van der Waals surface area contributed by atoms with Crippen molar-refractivity contribution in [1.82, 2.24) is 83.1 Å². The number of nitrogens with zero attached hydrogens (tertiary/aromatic N) is 20. The van der Waals surface area contributed by atoms with Crippen LogP contribution < -0.4 is 31.8 Å². The van der Waals surface area contributed by atoms with Crippen molar-refractivity contribution >= 4 is 91.9 Å². The zero-order valence-electron chi connectivity index (χ0n) is 77.6. The summed E-state index contributed by atoms with van der Waals surface area (Å²) in [7, 11) is 5.75. The van der Waals surface area contributed by atoms with Gasteiger partial charge in [-0.3, -0.25) is 38.9 Å². The number of pyridine rings is 6. The Morgan fingerprint density at radius 1 is 0.430 bits per heavy atom. The lowest BCUT2D eigenvalue weighted by Gasteiger charge is -2.40. The van der Waals surface area contributed by atoms with E-state index in [9.17, 15) is 53.7 Å². The molecule has 31 nitrogen and oxygen atoms in total. The van der Waals surface area contributed by atoms with Gasteiger partial charge in [-0.15, -0.1) is 11.8 Å². The monoisotopic (exact) mass is 1870 g/mol. The third-order valence-corrected chi connectivity index (χ3v) is 24.6. The van der Waals surface area contributed by atoms with Crippen molar-refractivity contribution < 1.29 is 65.6 Å². The fourth-order valence-electron chi connectivity index (χ4n) is 17.1. The predicted molar refractivity (Wildman–Crippen MR) is 505 cm³/mol. The number of phenolic OH excluding ortho intramolecular Hbond substituents is 3. The van der Waals surface area contributed by atoms with Gasteiger partial charge in [0.25, 0.3) is 11.8 Å². The normalized spacial score (nSPS) is 15.1. The van der Waals surface area contributed by atoms with Crippen LogP contribution in [0.1, 0.15) is 135 Å². The highest BCUT2D eigenvalue weighted by atomic mass is 32.2. The first-order valence-corrected chi connectivity index (χ1v) is 44.6. The van der Waals surface area contributed by atoms with E-state index in [4.69, 9.17) is 0 Å². The Morgan fingerprint density at radius 3 is 0.993 bits per heavy atom. The number of halogens is 6. The van der Waals surface area contributed by atoms with Crippen LogP contribution in [0.15, 0.2) is 149 Å². The summed E-state index contributed by atoms with van der Waals surface area (Å²) in [6.45, 7) is 35.9. The van der Waals surface area contributed by atoms with Crippen molar-refractivity contribution in [2.75, 3.05) is 108 Å². The lowest BCUT2D eigenvalue weighted by atomic mass is 10.0. The average Bonchev–Trinajstić information content (AvgIpc) is 0.739. The molecule has 9 aromatic heterocycles. The second-order valence-corrected chi connectivity index (χ2v) is 35.2. The van der Waals surface area contributed by atoms with Gasteiger partial charge >= 0.3 is 17.1 Å². The van der Waals surface area contributed by atoms with Crippen LogP contribution in [0.25, 0.3) is 83.9 Å². The van der Waals surface area contributed by atoms with Gasteiger partial charge in [0, 0.05) is 129 Å². The van der Waals surface area contributed by atoms with Crippen LogP contribution in [0.2, 0.25) is 0 Å². The molecule has 0 spiro atoms. The molecule has 3 atom stereocenters. The molecule has 12 heterocycles. The van der Waals surface area contributed by atoms with E-state index in [1.54, 1.807) is 81.4 Å². The van der Waals surface area contributed by atoms with Crippen LogP contribution in [0.4, 0.5) is 43.8 Å². The predicted octanol–water partition coefficient (Wildman–Crippen LogP) is 13.6. The maximum Gasteiger partial charge on any atom is 0.355 e. The number of amides is 5. The molecule has 0 saturated carbocycles. The van der Waals surface area contributed by atoms with Gasteiger partial charge < -0.3 is 54.5 Å². The van der Waals surface area contributed by atoms with E-state index >= 15 is 26.3 Å². The largest absolute Gasteiger partial charge is 0.507 e. The fraction of sp³-hybridized carbons (Fsp3) is 0.330. The first kappa shape index (κ1) is 97.8. The van der Waals surface area contributed by atoms with Crippen LogP contribution >= 0.6 is 11.8 Å². The summed E-state index contributed by atoms with van der Waals surface area (Å²) in [4.78, 5) is 158. The first-order valence-electron chi connectivity index (χ1n) is 43.3. The van der Waals surface area contributed by atoms with E-state index < -0.39 is 126 Å². The maximum absolute atomic E-state index is 16.2. The Labute approximate surface area is 777 Å². The van der Waals surface area contributed by atoms with Crippen molar-refractivity contribution in [1.29, 1.82) is 0 Å². The molecule has 3 saturated heterocycles. The number of hydrogen-bond acceptors (Lipinski definition) is 24. The molecule has 0 unspecified atom stereocenters. The summed E-state index contributed by atoms with van der Waals surface area (Å²) in [5, 5.41) is 32.9. The summed E-state index contributed by atoms with van der Waals surface area (Å²) in [6.07, 6.45) is 10.3. The van der Waals surface area contributed by atoms with Crippen molar-refractivity contribution in [2.45, 2.75) is 124 Å². The molecule has 3 fully saturated rings. The molecule has 135 heavy (non-hydrogen) atoms. The van der Waals surface area contributed by atoms with E-state index in [1.165, 1.54) is 84.0 Å². The minimum atomic E-state index is -1.16. The number of aromatic hydroxyl groups is 3. The third-order valence-electron chi connectivity index (χ3n) is 23.9. The molecular weight excluding hydrogens is 1770 g/mol. The minimum absolute atomic E-state index is 0.0366. The molecular formula is C97H102F6N20O11S. The Kier molecular flexibility index (Phi) is 28.7. The second kappa shape index (κ2) is 39.6. The average molecular weight is 1870 g/mol. The van der Waals surface area contributed by atoms with Gasteiger partial charge in [0.1, 0.15) is 69.2 Å². The summed E-state index contributed by atoms with van der Waals surface area (Å²) < 4.78 is 99.2. The van der Waals surface area contributed by atoms with Crippen LogP contribution in [0.3, 0.4) is 0 Å². The lowest BCUT2D eigenvalue weighted by molar-refractivity contribution is -0.127. The van der Waals surface area contributed by atoms with Crippen LogP contribution in [0.5, 0.6) is 17.2 Å². The molecule has 3 N–H and O–H groups in total. The highest BCUT2D eigenvalue weighted by Crippen LogP contribution is 2.45. The van der Waals surface area contributed by atoms with E-state index in [1.807, 2.05) is 74.1 Å². The Morgan fingerprint density at radius 2 is 0.726 bits per heavy atom. The molecule has 38 heteroatoms. The Balaban J connectivity index is 0.000000172. The number of rotatable bonds is 18. The smallest absolute Gasteiger partial charge is 0.355 e. The molecule has 5 amide bonds. The molecule has 3 aromatic carbocycles. The molecule has 12 aromatic rings. The number of hydrogen-bond donors (Lipinski definition) is 3. The van der Waals surface area contributed by atoms with E-state index in [0.29, 0.717) is 102 Å². The number of carbonyl (C=O) groups is 5. The number of benzene rings is 3. The third kappa shape index (κ3) is 18.6. The van der Waals surface area contributed by atoms with Gasteiger partial charge in [-0.25, -0.2) is 69.4 Å². The van der Waals surface area contributed by atoms with Gasteiger partial charge in [0.05, 0.1) is 78.1 Å². The van der Waals surface area contributed by atoms with Crippen molar-refractivity contribution in [3.8, 4) is 68.1 Å². The van der Waals surface area contributed by atoms with Crippen molar-refractivity contribution in [3.05, 3.63) is 241 Å². The number of carbonyl (C=O) groups excluding carboxylic acids is 5. The molecule has 704 valence electrons. The van der Waals surface area contributed by atoms with Gasteiger partial charge in [-0.1, -0.05) is 61.3 Å². The van der Waals surface area contributed by atoms with Crippen molar-refractivity contribution in [2.24, 2.45) is 0 Å². The highest BCUT2D eigenvalue weighted by molar-refractivity contribution is 7.98. The lowest BCUT2D eigenvalue weighted by Crippen LogP contribution is -2.54. The number of fused-ring (bicyclic) bond motifs is 3. The zero-order valence-corrected chi connectivity index (χ0v) is 78.4. The quantitative estimate of drug-likeness (QED) is 0.0408. The number of piperazine rings is 3. The van der Waals surface area contributed by atoms with Crippen molar-refractivity contribution in [3.63, 3.8) is 0 Å². The Bertz CT molecular complexity index is 6770. The molecule has 3 aliphatic rings. The number of thioether (sulfide) groups is 1. The van der Waals surface area contributed by atoms with Crippen LogP contribution in [-0.4, -0.2) is 239 Å².